The van der Waals surface area contributed by atoms with Gasteiger partial charge in [0, 0.05) is 7.11 Å². The summed E-state index contributed by atoms with van der Waals surface area (Å²) in [4.78, 5) is 0. The summed E-state index contributed by atoms with van der Waals surface area (Å²) in [6.07, 6.45) is 4.09. The first-order chi connectivity index (χ1) is 8.63. The van der Waals surface area contributed by atoms with Crippen LogP contribution in [0.1, 0.15) is 37.3 Å². The Hall–Kier alpha value is -1.00. The Morgan fingerprint density at radius 3 is 2.39 bits per heavy atom. The van der Waals surface area contributed by atoms with Crippen molar-refractivity contribution in [3.8, 4) is 0 Å². The SMILES string of the molecule is CNC(c1ccc(F)c(F)c1)C1(OC)CCCC1. The molecule has 0 saturated heterocycles. The maximum Gasteiger partial charge on any atom is 0.159 e. The van der Waals surface area contributed by atoms with Crippen LogP contribution in [-0.2, 0) is 4.74 Å². The fraction of sp³-hybridized carbons (Fsp3) is 0.571. The van der Waals surface area contributed by atoms with Crippen molar-refractivity contribution in [1.29, 1.82) is 0 Å². The number of rotatable bonds is 4. The van der Waals surface area contributed by atoms with Crippen LogP contribution in [0.5, 0.6) is 0 Å². The van der Waals surface area contributed by atoms with Crippen molar-refractivity contribution in [2.45, 2.75) is 37.3 Å². The monoisotopic (exact) mass is 255 g/mol. The van der Waals surface area contributed by atoms with Crippen LogP contribution < -0.4 is 5.32 Å². The highest BCUT2D eigenvalue weighted by Gasteiger charge is 2.41. The van der Waals surface area contributed by atoms with Crippen molar-refractivity contribution in [1.82, 2.24) is 5.32 Å². The molecular weight excluding hydrogens is 236 g/mol. The summed E-state index contributed by atoms with van der Waals surface area (Å²) in [6.45, 7) is 0. The standard InChI is InChI=1S/C14H19F2NO/c1-17-13(14(18-2)7-3-4-8-14)10-5-6-11(15)12(16)9-10/h5-6,9,13,17H,3-4,7-8H2,1-2H3. The molecule has 1 aliphatic carbocycles. The minimum Gasteiger partial charge on any atom is -0.376 e. The zero-order valence-electron chi connectivity index (χ0n) is 10.8. The molecule has 1 unspecified atom stereocenters. The van der Waals surface area contributed by atoms with E-state index in [4.69, 9.17) is 4.74 Å². The predicted molar refractivity (Wildman–Crippen MR) is 66.4 cm³/mol. The first kappa shape index (κ1) is 13.4. The Kier molecular flexibility index (Phi) is 3.97. The van der Waals surface area contributed by atoms with Crippen molar-refractivity contribution in [3.63, 3.8) is 0 Å². The Bertz CT molecular complexity index is 416. The van der Waals surface area contributed by atoms with Gasteiger partial charge in [0.1, 0.15) is 0 Å². The Morgan fingerprint density at radius 2 is 1.89 bits per heavy atom. The largest absolute Gasteiger partial charge is 0.376 e. The van der Waals surface area contributed by atoms with E-state index in [9.17, 15) is 8.78 Å². The lowest BCUT2D eigenvalue weighted by Gasteiger charge is -2.36. The van der Waals surface area contributed by atoms with E-state index in [-0.39, 0.29) is 11.6 Å². The molecule has 1 saturated carbocycles. The van der Waals surface area contributed by atoms with Crippen LogP contribution in [0, 0.1) is 11.6 Å². The van der Waals surface area contributed by atoms with Crippen molar-refractivity contribution < 1.29 is 13.5 Å². The second-order valence-electron chi connectivity index (χ2n) is 4.87. The van der Waals surface area contributed by atoms with Gasteiger partial charge in [0.05, 0.1) is 11.6 Å². The van der Waals surface area contributed by atoms with Crippen molar-refractivity contribution in [2.24, 2.45) is 0 Å². The molecule has 2 rings (SSSR count). The Labute approximate surface area is 106 Å². The van der Waals surface area contributed by atoms with Crippen LogP contribution in [0.3, 0.4) is 0 Å². The first-order valence-electron chi connectivity index (χ1n) is 6.30. The van der Waals surface area contributed by atoms with Crippen molar-refractivity contribution >= 4 is 0 Å². The zero-order valence-corrected chi connectivity index (χ0v) is 10.8. The summed E-state index contributed by atoms with van der Waals surface area (Å²) in [5.74, 6) is -1.62. The van der Waals surface area contributed by atoms with Gasteiger partial charge in [-0.1, -0.05) is 18.9 Å². The van der Waals surface area contributed by atoms with Gasteiger partial charge in [0.25, 0.3) is 0 Å². The van der Waals surface area contributed by atoms with Gasteiger partial charge in [0.2, 0.25) is 0 Å². The molecular formula is C14H19F2NO. The molecule has 1 atom stereocenters. The maximum absolute atomic E-state index is 13.3. The fourth-order valence-corrected chi connectivity index (χ4v) is 3.01. The molecule has 0 aromatic heterocycles. The van der Waals surface area contributed by atoms with Crippen LogP contribution in [-0.4, -0.2) is 19.8 Å². The molecule has 1 aromatic rings. The molecule has 1 aliphatic rings. The topological polar surface area (TPSA) is 21.3 Å². The molecule has 0 heterocycles. The number of hydrogen-bond donors (Lipinski definition) is 1. The zero-order chi connectivity index (χ0) is 13.2. The molecule has 0 bridgehead atoms. The van der Waals surface area contributed by atoms with E-state index in [1.54, 1.807) is 13.2 Å². The van der Waals surface area contributed by atoms with Crippen molar-refractivity contribution in [3.05, 3.63) is 35.4 Å². The minimum absolute atomic E-state index is 0.111. The quantitative estimate of drug-likeness (QED) is 0.892. The Morgan fingerprint density at radius 1 is 1.22 bits per heavy atom. The van der Waals surface area contributed by atoms with Crippen LogP contribution in [0.25, 0.3) is 0 Å². The third-order valence-corrected chi connectivity index (χ3v) is 3.95. The van der Waals surface area contributed by atoms with E-state index in [0.29, 0.717) is 0 Å². The summed E-state index contributed by atoms with van der Waals surface area (Å²) in [7, 11) is 3.51. The lowest BCUT2D eigenvalue weighted by Crippen LogP contribution is -2.42. The molecule has 1 fully saturated rings. The van der Waals surface area contributed by atoms with E-state index in [2.05, 4.69) is 5.32 Å². The summed E-state index contributed by atoms with van der Waals surface area (Å²) >= 11 is 0. The Balaban J connectivity index is 2.34. The summed E-state index contributed by atoms with van der Waals surface area (Å²) < 4.78 is 32.0. The summed E-state index contributed by atoms with van der Waals surface area (Å²) in [5, 5.41) is 3.18. The third-order valence-electron chi connectivity index (χ3n) is 3.95. The molecule has 0 spiro atoms. The molecule has 18 heavy (non-hydrogen) atoms. The number of halogens is 2. The molecule has 2 nitrogen and oxygen atoms in total. The highest BCUT2D eigenvalue weighted by molar-refractivity contribution is 5.25. The maximum atomic E-state index is 13.3. The summed E-state index contributed by atoms with van der Waals surface area (Å²) in [5.41, 5.74) is 0.430. The molecule has 0 radical (unpaired) electrons. The predicted octanol–water partition coefficient (Wildman–Crippen LogP) is 3.18. The second-order valence-corrected chi connectivity index (χ2v) is 4.87. The number of hydrogen-bond acceptors (Lipinski definition) is 2. The van der Waals surface area contributed by atoms with Gasteiger partial charge in [-0.2, -0.15) is 0 Å². The van der Waals surface area contributed by atoms with E-state index in [1.165, 1.54) is 12.1 Å². The average Bonchev–Trinajstić information content (AvgIpc) is 2.84. The molecule has 100 valence electrons. The molecule has 1 aromatic carbocycles. The van der Waals surface area contributed by atoms with Crippen LogP contribution in [0.15, 0.2) is 18.2 Å². The van der Waals surface area contributed by atoms with Gasteiger partial charge < -0.3 is 10.1 Å². The molecule has 4 heteroatoms. The number of benzene rings is 1. The lowest BCUT2D eigenvalue weighted by molar-refractivity contribution is -0.0349. The highest BCUT2D eigenvalue weighted by atomic mass is 19.2. The van der Waals surface area contributed by atoms with Gasteiger partial charge in [-0.15, -0.1) is 0 Å². The van der Waals surface area contributed by atoms with Gasteiger partial charge in [-0.05, 0) is 37.6 Å². The van der Waals surface area contributed by atoms with Crippen LogP contribution >= 0.6 is 0 Å². The smallest absolute Gasteiger partial charge is 0.159 e. The lowest BCUT2D eigenvalue weighted by atomic mass is 9.86. The fourth-order valence-electron chi connectivity index (χ4n) is 3.01. The molecule has 0 aliphatic heterocycles. The first-order valence-corrected chi connectivity index (χ1v) is 6.30. The minimum atomic E-state index is -0.813. The summed E-state index contributed by atoms with van der Waals surface area (Å²) in [6, 6.07) is 3.95. The number of nitrogens with one attached hydrogen (secondary N) is 1. The van der Waals surface area contributed by atoms with Gasteiger partial charge in [-0.3, -0.25) is 0 Å². The van der Waals surface area contributed by atoms with Crippen molar-refractivity contribution in [2.75, 3.05) is 14.2 Å². The third kappa shape index (κ3) is 2.27. The van der Waals surface area contributed by atoms with Crippen LogP contribution in [0.4, 0.5) is 8.78 Å². The number of likely N-dealkylation sites (N-methyl/N-ethyl adjacent to an activating group) is 1. The number of ether oxygens (including phenoxy) is 1. The normalized spacial score (nSPS) is 20.0. The van der Waals surface area contributed by atoms with Gasteiger partial charge >= 0.3 is 0 Å². The van der Waals surface area contributed by atoms with Crippen LogP contribution in [0.2, 0.25) is 0 Å². The molecule has 1 N–H and O–H groups in total. The van der Waals surface area contributed by atoms with Gasteiger partial charge in [-0.25, -0.2) is 8.78 Å². The van der Waals surface area contributed by atoms with E-state index in [1.807, 2.05) is 7.05 Å². The second kappa shape index (κ2) is 5.33. The highest BCUT2D eigenvalue weighted by Crippen LogP contribution is 2.42. The average molecular weight is 255 g/mol. The van der Waals surface area contributed by atoms with Gasteiger partial charge in [0.15, 0.2) is 11.6 Å². The van der Waals surface area contributed by atoms with E-state index >= 15 is 0 Å². The van der Waals surface area contributed by atoms with E-state index in [0.717, 1.165) is 31.2 Å². The van der Waals surface area contributed by atoms with E-state index < -0.39 is 11.6 Å². The molecule has 0 amide bonds. The number of methoxy groups -OCH3 is 1.